The van der Waals surface area contributed by atoms with Gasteiger partial charge in [0.1, 0.15) is 11.6 Å². The van der Waals surface area contributed by atoms with Crippen LogP contribution in [0.25, 0.3) is 11.3 Å². The highest BCUT2D eigenvalue weighted by atomic mass is 35.5. The van der Waals surface area contributed by atoms with E-state index in [1.807, 2.05) is 0 Å². The lowest BCUT2D eigenvalue weighted by Gasteiger charge is -2.11. The van der Waals surface area contributed by atoms with Crippen molar-refractivity contribution in [2.24, 2.45) is 0 Å². The van der Waals surface area contributed by atoms with Gasteiger partial charge in [-0.15, -0.1) is 0 Å². The summed E-state index contributed by atoms with van der Waals surface area (Å²) in [5, 5.41) is 7.63. The van der Waals surface area contributed by atoms with Gasteiger partial charge in [0.05, 0.1) is 27.3 Å². The highest BCUT2D eigenvalue weighted by Crippen LogP contribution is 2.33. The molecule has 2 aromatic carbocycles. The lowest BCUT2D eigenvalue weighted by atomic mass is 10.1. The number of benzene rings is 2. The first-order chi connectivity index (χ1) is 14.3. The van der Waals surface area contributed by atoms with Crippen molar-refractivity contribution in [3.05, 3.63) is 79.8 Å². The van der Waals surface area contributed by atoms with Gasteiger partial charge in [-0.25, -0.2) is 9.07 Å². The van der Waals surface area contributed by atoms with Crippen LogP contribution in [0.5, 0.6) is 5.75 Å². The first kappa shape index (κ1) is 22.1. The van der Waals surface area contributed by atoms with Crippen molar-refractivity contribution < 1.29 is 13.9 Å². The maximum Gasteiger partial charge on any atom is 0.266 e. The zero-order valence-corrected chi connectivity index (χ0v) is 17.6. The van der Waals surface area contributed by atoms with Crippen molar-refractivity contribution in [2.45, 2.75) is 6.54 Å². The number of nitrogens with one attached hydrogen (secondary N) is 1. The first-order valence-corrected chi connectivity index (χ1v) is 9.85. The van der Waals surface area contributed by atoms with Crippen LogP contribution in [0.4, 0.5) is 4.39 Å². The first-order valence-electron chi connectivity index (χ1n) is 8.71. The second-order valence-corrected chi connectivity index (χ2v) is 7.34. The number of carbonyl (C=O) groups excluding carboxylic acids is 1. The van der Waals surface area contributed by atoms with Gasteiger partial charge in [-0.3, -0.25) is 9.59 Å². The minimum absolute atomic E-state index is 0.146. The van der Waals surface area contributed by atoms with Gasteiger partial charge in [0.15, 0.2) is 6.61 Å². The summed E-state index contributed by atoms with van der Waals surface area (Å²) in [5.74, 6) is -0.551. The molecule has 3 rings (SSSR count). The molecule has 1 aromatic heterocycles. The molecule has 1 amide bonds. The summed E-state index contributed by atoms with van der Waals surface area (Å²) in [6, 6.07) is 11.5. The molecule has 0 radical (unpaired) electrons. The van der Waals surface area contributed by atoms with E-state index >= 15 is 0 Å². The van der Waals surface area contributed by atoms with Crippen molar-refractivity contribution in [1.29, 1.82) is 0 Å². The number of hydrogen-bond acceptors (Lipinski definition) is 4. The Morgan fingerprint density at radius 2 is 1.73 bits per heavy atom. The van der Waals surface area contributed by atoms with Crippen LogP contribution in [0.15, 0.2) is 53.3 Å². The number of ether oxygens (including phenoxy) is 1. The zero-order chi connectivity index (χ0) is 21.7. The Kier molecular flexibility index (Phi) is 7.31. The molecule has 0 saturated heterocycles. The quantitative estimate of drug-likeness (QED) is 0.525. The number of halogens is 4. The molecular weight excluding hydrogens is 456 g/mol. The number of amides is 1. The molecule has 30 heavy (non-hydrogen) atoms. The molecule has 0 unspecified atom stereocenters. The predicted octanol–water partition coefficient (Wildman–Crippen LogP) is 4.20. The maximum absolute atomic E-state index is 13.1. The maximum atomic E-state index is 13.1. The molecule has 0 saturated carbocycles. The average molecular weight is 471 g/mol. The van der Waals surface area contributed by atoms with Gasteiger partial charge in [0, 0.05) is 24.2 Å². The second kappa shape index (κ2) is 9.93. The van der Waals surface area contributed by atoms with Gasteiger partial charge >= 0.3 is 0 Å². The number of nitrogens with zero attached hydrogens (tertiary/aromatic N) is 2. The Morgan fingerprint density at radius 3 is 2.47 bits per heavy atom. The van der Waals surface area contributed by atoms with E-state index < -0.39 is 5.91 Å². The predicted molar refractivity (Wildman–Crippen MR) is 114 cm³/mol. The molecule has 1 heterocycles. The van der Waals surface area contributed by atoms with Crippen molar-refractivity contribution in [2.75, 3.05) is 13.2 Å². The van der Waals surface area contributed by atoms with Crippen LogP contribution < -0.4 is 15.6 Å². The summed E-state index contributed by atoms with van der Waals surface area (Å²) in [4.78, 5) is 24.0. The molecule has 0 aliphatic carbocycles. The highest BCUT2D eigenvalue weighted by molar-refractivity contribution is 6.43. The van der Waals surface area contributed by atoms with Gasteiger partial charge in [-0.05, 0) is 36.4 Å². The molecule has 0 bridgehead atoms. The largest absolute Gasteiger partial charge is 0.482 e. The third-order valence-electron chi connectivity index (χ3n) is 3.99. The van der Waals surface area contributed by atoms with Crippen LogP contribution in [-0.2, 0) is 11.3 Å². The summed E-state index contributed by atoms with van der Waals surface area (Å²) in [7, 11) is 0. The summed E-state index contributed by atoms with van der Waals surface area (Å²) in [6.45, 7) is -0.000156. The molecule has 1 N–H and O–H groups in total. The summed E-state index contributed by atoms with van der Waals surface area (Å²) in [6.07, 6.45) is 0. The summed E-state index contributed by atoms with van der Waals surface area (Å²) in [5.41, 5.74) is 0.855. The van der Waals surface area contributed by atoms with E-state index in [-0.39, 0.29) is 51.9 Å². The van der Waals surface area contributed by atoms with E-state index in [9.17, 15) is 14.0 Å². The van der Waals surface area contributed by atoms with Gasteiger partial charge in [-0.1, -0.05) is 34.8 Å². The summed E-state index contributed by atoms with van der Waals surface area (Å²) >= 11 is 17.7. The minimum atomic E-state index is -0.417. The molecule has 10 heteroatoms. The Morgan fingerprint density at radius 1 is 1.03 bits per heavy atom. The van der Waals surface area contributed by atoms with Crippen molar-refractivity contribution in [3.8, 4) is 17.0 Å². The second-order valence-electron chi connectivity index (χ2n) is 6.12. The van der Waals surface area contributed by atoms with Gasteiger partial charge in [0.2, 0.25) is 0 Å². The standard InChI is InChI=1S/C20H15Cl3FN3O3/c21-14-9-16(23)18(10-15(14)22)30-11-19(28)25-7-8-27-20(29)6-5-17(26-27)12-1-3-13(24)4-2-12/h1-6,9-10H,7-8,11H2,(H,25,28). The van der Waals surface area contributed by atoms with Gasteiger partial charge < -0.3 is 10.1 Å². The van der Waals surface area contributed by atoms with E-state index in [4.69, 9.17) is 39.5 Å². The number of aromatic nitrogens is 2. The third kappa shape index (κ3) is 5.72. The zero-order valence-electron chi connectivity index (χ0n) is 15.4. The lowest BCUT2D eigenvalue weighted by Crippen LogP contribution is -2.34. The van der Waals surface area contributed by atoms with E-state index in [0.29, 0.717) is 11.3 Å². The topological polar surface area (TPSA) is 73.2 Å². The highest BCUT2D eigenvalue weighted by Gasteiger charge is 2.10. The van der Waals surface area contributed by atoms with E-state index in [1.165, 1.54) is 35.0 Å². The van der Waals surface area contributed by atoms with Crippen LogP contribution in [-0.4, -0.2) is 28.8 Å². The van der Waals surface area contributed by atoms with Crippen LogP contribution in [0.2, 0.25) is 15.1 Å². The van der Waals surface area contributed by atoms with Crippen molar-refractivity contribution in [1.82, 2.24) is 15.1 Å². The number of hydrogen-bond donors (Lipinski definition) is 1. The fourth-order valence-corrected chi connectivity index (χ4v) is 3.09. The van der Waals surface area contributed by atoms with Crippen LogP contribution >= 0.6 is 34.8 Å². The van der Waals surface area contributed by atoms with E-state index in [1.54, 1.807) is 18.2 Å². The fourth-order valence-electron chi connectivity index (χ4n) is 2.49. The van der Waals surface area contributed by atoms with Crippen LogP contribution in [0, 0.1) is 5.82 Å². The van der Waals surface area contributed by atoms with Gasteiger partial charge in [-0.2, -0.15) is 5.10 Å². The molecular formula is C20H15Cl3FN3O3. The molecule has 0 atom stereocenters. The van der Waals surface area contributed by atoms with E-state index in [0.717, 1.165) is 0 Å². The number of carbonyl (C=O) groups is 1. The average Bonchev–Trinajstić information content (AvgIpc) is 2.72. The fraction of sp³-hybridized carbons (Fsp3) is 0.150. The lowest BCUT2D eigenvalue weighted by molar-refractivity contribution is -0.123. The van der Waals surface area contributed by atoms with Crippen molar-refractivity contribution >= 4 is 40.7 Å². The molecule has 0 fully saturated rings. The molecule has 156 valence electrons. The Bertz CT molecular complexity index is 1120. The SMILES string of the molecule is O=C(COc1cc(Cl)c(Cl)cc1Cl)NCCn1nc(-c2ccc(F)cc2)ccc1=O. The molecule has 0 spiro atoms. The molecule has 0 aliphatic heterocycles. The molecule has 3 aromatic rings. The Hall–Kier alpha value is -2.61. The monoisotopic (exact) mass is 469 g/mol. The van der Waals surface area contributed by atoms with Crippen LogP contribution in [0.1, 0.15) is 0 Å². The molecule has 6 nitrogen and oxygen atoms in total. The van der Waals surface area contributed by atoms with Gasteiger partial charge in [0.25, 0.3) is 11.5 Å². The van der Waals surface area contributed by atoms with Crippen molar-refractivity contribution in [3.63, 3.8) is 0 Å². The molecule has 0 aliphatic rings. The Labute approximate surface area is 186 Å². The summed E-state index contributed by atoms with van der Waals surface area (Å²) < 4.78 is 19.6. The van der Waals surface area contributed by atoms with Crippen LogP contribution in [0.3, 0.4) is 0 Å². The smallest absolute Gasteiger partial charge is 0.266 e. The third-order valence-corrected chi connectivity index (χ3v) is 5.00. The van der Waals surface area contributed by atoms with E-state index in [2.05, 4.69) is 10.4 Å². The minimum Gasteiger partial charge on any atom is -0.482 e. The number of rotatable bonds is 7. The normalized spacial score (nSPS) is 10.7. The Balaban J connectivity index is 1.55.